The summed E-state index contributed by atoms with van der Waals surface area (Å²) in [5, 5.41) is 10.2. The van der Waals surface area contributed by atoms with Crippen LogP contribution in [0, 0.1) is 5.92 Å². The van der Waals surface area contributed by atoms with Gasteiger partial charge in [0.25, 0.3) is 11.8 Å². The minimum Gasteiger partial charge on any atom is -0.354 e. The molecule has 0 spiro atoms. The van der Waals surface area contributed by atoms with Crippen molar-refractivity contribution in [2.24, 2.45) is 5.92 Å². The van der Waals surface area contributed by atoms with E-state index in [1.165, 1.54) is 15.6 Å². The van der Waals surface area contributed by atoms with Crippen molar-refractivity contribution < 1.29 is 14.4 Å². The van der Waals surface area contributed by atoms with E-state index in [9.17, 15) is 14.4 Å². The smallest absolute Gasteiger partial charge is 0.272 e. The first-order valence-corrected chi connectivity index (χ1v) is 12.2. The second-order valence-electron chi connectivity index (χ2n) is 8.73. The topological polar surface area (TPSA) is 96.3 Å². The van der Waals surface area contributed by atoms with Crippen LogP contribution in [-0.4, -0.2) is 51.5 Å². The van der Waals surface area contributed by atoms with Gasteiger partial charge in [0, 0.05) is 30.6 Å². The first-order chi connectivity index (χ1) is 15.2. The highest BCUT2D eigenvalue weighted by Gasteiger charge is 2.46. The summed E-state index contributed by atoms with van der Waals surface area (Å²) in [4.78, 5) is 40.0. The highest BCUT2D eigenvalue weighted by atomic mass is 127. The first-order valence-electron chi connectivity index (χ1n) is 10.7. The third-order valence-corrected chi connectivity index (χ3v) is 6.75. The number of halogens is 1. The van der Waals surface area contributed by atoms with Gasteiger partial charge in [-0.15, -0.1) is 0 Å². The lowest BCUT2D eigenvalue weighted by atomic mass is 9.95. The zero-order chi connectivity index (χ0) is 23.5. The van der Waals surface area contributed by atoms with E-state index in [-0.39, 0.29) is 30.0 Å². The minimum atomic E-state index is -1.08. The third-order valence-electron chi connectivity index (χ3n) is 5.93. The molecule has 0 radical (unpaired) electrons. The van der Waals surface area contributed by atoms with Crippen LogP contribution in [0.15, 0.2) is 30.3 Å². The van der Waals surface area contributed by atoms with Crippen LogP contribution in [0.2, 0.25) is 0 Å². The van der Waals surface area contributed by atoms with Crippen LogP contribution in [0.3, 0.4) is 0 Å². The summed E-state index contributed by atoms with van der Waals surface area (Å²) in [5.41, 5.74) is 1.59. The summed E-state index contributed by atoms with van der Waals surface area (Å²) in [6.07, 6.45) is 0.859. The summed E-state index contributed by atoms with van der Waals surface area (Å²) in [6.45, 7) is 7.01. The number of benzene rings is 1. The number of hydrogen-bond acceptors (Lipinski definition) is 4. The summed E-state index contributed by atoms with van der Waals surface area (Å²) < 4.78 is 2.32. The largest absolute Gasteiger partial charge is 0.354 e. The number of amides is 3. The Morgan fingerprint density at radius 3 is 2.56 bits per heavy atom. The molecule has 0 bridgehead atoms. The Morgan fingerprint density at radius 2 is 1.91 bits per heavy atom. The van der Waals surface area contributed by atoms with Crippen molar-refractivity contribution in [3.8, 4) is 0 Å². The SMILES string of the molecule is CC(C)CCNC(=O)C1(C)Cn2nc(C(=O)NCc3ccccc3CI)cc2C(=O)N1C. The number of fused-ring (bicyclic) bond motifs is 1. The normalized spacial score (nSPS) is 17.9. The minimum absolute atomic E-state index is 0.165. The number of hydrogen-bond donors (Lipinski definition) is 2. The molecular formula is C23H30IN5O3. The van der Waals surface area contributed by atoms with Gasteiger partial charge in [-0.1, -0.05) is 60.7 Å². The molecule has 9 heteroatoms. The Labute approximate surface area is 202 Å². The van der Waals surface area contributed by atoms with Gasteiger partial charge in [-0.05, 0) is 30.4 Å². The molecule has 8 nitrogen and oxygen atoms in total. The summed E-state index contributed by atoms with van der Waals surface area (Å²) in [7, 11) is 1.61. The lowest BCUT2D eigenvalue weighted by molar-refractivity contribution is -0.132. The lowest BCUT2D eigenvalue weighted by Crippen LogP contribution is -2.62. The average molecular weight is 551 g/mol. The molecule has 0 saturated carbocycles. The molecule has 2 heterocycles. The molecule has 172 valence electrons. The zero-order valence-corrected chi connectivity index (χ0v) is 21.1. The van der Waals surface area contributed by atoms with Gasteiger partial charge in [0.05, 0.1) is 6.54 Å². The van der Waals surface area contributed by atoms with Crippen molar-refractivity contribution >= 4 is 40.3 Å². The van der Waals surface area contributed by atoms with Crippen LogP contribution >= 0.6 is 22.6 Å². The number of carbonyl (C=O) groups is 3. The van der Waals surface area contributed by atoms with Gasteiger partial charge < -0.3 is 15.5 Å². The summed E-state index contributed by atoms with van der Waals surface area (Å²) in [6, 6.07) is 9.42. The maximum absolute atomic E-state index is 13.0. The predicted molar refractivity (Wildman–Crippen MR) is 131 cm³/mol. The van der Waals surface area contributed by atoms with Gasteiger partial charge in [-0.3, -0.25) is 19.1 Å². The van der Waals surface area contributed by atoms with E-state index in [2.05, 4.69) is 52.2 Å². The molecule has 3 rings (SSSR count). The van der Waals surface area contributed by atoms with Crippen LogP contribution in [0.25, 0.3) is 0 Å². The molecule has 1 unspecified atom stereocenters. The summed E-state index contributed by atoms with van der Waals surface area (Å²) in [5.74, 6) is -0.443. The Hall–Kier alpha value is -2.43. The van der Waals surface area contributed by atoms with Crippen LogP contribution < -0.4 is 10.6 Å². The highest BCUT2D eigenvalue weighted by Crippen LogP contribution is 2.26. The molecule has 3 amide bonds. The number of nitrogens with one attached hydrogen (secondary N) is 2. The van der Waals surface area contributed by atoms with Gasteiger partial charge in [0.15, 0.2) is 5.69 Å². The van der Waals surface area contributed by atoms with Gasteiger partial charge in [0.2, 0.25) is 5.91 Å². The molecule has 0 saturated heterocycles. The van der Waals surface area contributed by atoms with Gasteiger partial charge in [-0.2, -0.15) is 5.10 Å². The van der Waals surface area contributed by atoms with Crippen LogP contribution in [-0.2, 0) is 22.3 Å². The van der Waals surface area contributed by atoms with E-state index < -0.39 is 5.54 Å². The molecule has 1 aromatic heterocycles. The van der Waals surface area contributed by atoms with Crippen LogP contribution in [0.5, 0.6) is 0 Å². The van der Waals surface area contributed by atoms with Crippen molar-refractivity contribution in [3.05, 3.63) is 52.8 Å². The monoisotopic (exact) mass is 551 g/mol. The van der Waals surface area contributed by atoms with Gasteiger partial charge >= 0.3 is 0 Å². The Balaban J connectivity index is 1.73. The molecule has 1 aliphatic rings. The summed E-state index contributed by atoms with van der Waals surface area (Å²) >= 11 is 2.29. The van der Waals surface area contributed by atoms with Crippen LogP contribution in [0.4, 0.5) is 0 Å². The van der Waals surface area contributed by atoms with Crippen molar-refractivity contribution in [2.75, 3.05) is 13.6 Å². The average Bonchev–Trinajstić information content (AvgIpc) is 3.19. The molecule has 0 aliphatic carbocycles. The van der Waals surface area contributed by atoms with Crippen molar-refractivity contribution in [3.63, 3.8) is 0 Å². The quantitative estimate of drug-likeness (QED) is 0.390. The van der Waals surface area contributed by atoms with Crippen LogP contribution in [0.1, 0.15) is 59.3 Å². The van der Waals surface area contributed by atoms with Crippen molar-refractivity contribution in [1.29, 1.82) is 0 Å². The van der Waals surface area contributed by atoms with E-state index in [1.807, 2.05) is 24.3 Å². The molecule has 0 fully saturated rings. The van der Waals surface area contributed by atoms with E-state index in [4.69, 9.17) is 0 Å². The number of likely N-dealkylation sites (N-methyl/N-ethyl adjacent to an activating group) is 1. The molecule has 1 atom stereocenters. The van der Waals surface area contributed by atoms with Gasteiger partial charge in [-0.25, -0.2) is 0 Å². The second-order valence-corrected chi connectivity index (χ2v) is 9.50. The fourth-order valence-electron chi connectivity index (χ4n) is 3.63. The number of carbonyl (C=O) groups excluding carboxylic acids is 3. The standard InChI is InChI=1S/C23H30IN5O3/c1-15(2)9-10-25-22(32)23(3)14-29-19(21(31)28(23)4)11-18(27-29)20(30)26-13-17-8-6-5-7-16(17)12-24/h5-8,11,15H,9-10,12-14H2,1-4H3,(H,25,32)(H,26,30). The maximum atomic E-state index is 13.0. The Morgan fingerprint density at radius 1 is 1.22 bits per heavy atom. The van der Waals surface area contributed by atoms with E-state index in [0.717, 1.165) is 22.0 Å². The number of aromatic nitrogens is 2. The Kier molecular flexibility index (Phi) is 7.58. The zero-order valence-electron chi connectivity index (χ0n) is 18.9. The first kappa shape index (κ1) is 24.2. The Bertz CT molecular complexity index is 1020. The van der Waals surface area contributed by atoms with Crippen molar-refractivity contribution in [1.82, 2.24) is 25.3 Å². The van der Waals surface area contributed by atoms with E-state index in [1.54, 1.807) is 14.0 Å². The molecule has 1 aromatic carbocycles. The fourth-order valence-corrected chi connectivity index (χ4v) is 4.37. The number of alkyl halides is 1. The molecule has 1 aliphatic heterocycles. The van der Waals surface area contributed by atoms with Gasteiger partial charge in [0.1, 0.15) is 11.2 Å². The molecule has 2 aromatic rings. The second kappa shape index (κ2) is 10.0. The molecule has 32 heavy (non-hydrogen) atoms. The van der Waals surface area contributed by atoms with E-state index >= 15 is 0 Å². The molecular weight excluding hydrogens is 521 g/mol. The number of rotatable bonds is 8. The molecule has 2 N–H and O–H groups in total. The predicted octanol–water partition coefficient (Wildman–Crippen LogP) is 2.75. The van der Waals surface area contributed by atoms with E-state index in [0.29, 0.717) is 24.7 Å². The van der Waals surface area contributed by atoms with Crippen molar-refractivity contribution in [2.45, 2.75) is 50.2 Å². The highest BCUT2D eigenvalue weighted by molar-refractivity contribution is 14.1. The maximum Gasteiger partial charge on any atom is 0.272 e. The number of nitrogens with zero attached hydrogens (tertiary/aromatic N) is 3. The lowest BCUT2D eigenvalue weighted by Gasteiger charge is -2.40. The third kappa shape index (κ3) is 4.97. The fraction of sp³-hybridized carbons (Fsp3) is 0.478.